The number of ether oxygens (including phenoxy) is 1. The van der Waals surface area contributed by atoms with Gasteiger partial charge in [0.1, 0.15) is 5.60 Å². The molecule has 1 saturated carbocycles. The largest absolute Gasteiger partial charge is 0.386 e. The molecule has 2 aliphatic rings. The van der Waals surface area contributed by atoms with E-state index in [0.717, 1.165) is 45.1 Å². The third kappa shape index (κ3) is 1.49. The van der Waals surface area contributed by atoms with E-state index in [-0.39, 0.29) is 5.54 Å². The molecule has 2 rings (SSSR count). The van der Waals surface area contributed by atoms with Gasteiger partial charge in [0.05, 0.1) is 6.61 Å². The molecule has 0 amide bonds. The molecule has 1 aliphatic carbocycles. The van der Waals surface area contributed by atoms with E-state index in [1.165, 1.54) is 0 Å². The smallest absolute Gasteiger partial charge is 0.106 e. The standard InChI is InChI=1S/C10H19NO2/c11-9(4-1-2-5-9)10(12)6-3-7-13-8-10/h12H,1-8,11H2. The molecule has 2 fully saturated rings. The first-order valence-electron chi connectivity index (χ1n) is 5.25. The Bertz CT molecular complexity index is 181. The molecule has 0 aromatic carbocycles. The molecule has 3 N–H and O–H groups in total. The zero-order chi connectivity index (χ0) is 9.36. The van der Waals surface area contributed by atoms with Gasteiger partial charge in [-0.3, -0.25) is 0 Å². The topological polar surface area (TPSA) is 55.5 Å². The predicted octanol–water partition coefficient (Wildman–Crippen LogP) is 0.799. The van der Waals surface area contributed by atoms with E-state index >= 15 is 0 Å². The average Bonchev–Trinajstić information content (AvgIpc) is 2.55. The molecule has 0 aromatic rings. The van der Waals surface area contributed by atoms with Crippen molar-refractivity contribution < 1.29 is 9.84 Å². The summed E-state index contributed by atoms with van der Waals surface area (Å²) in [4.78, 5) is 0. The third-order valence-corrected chi connectivity index (χ3v) is 3.64. The van der Waals surface area contributed by atoms with Crippen molar-refractivity contribution in [2.24, 2.45) is 5.73 Å². The number of aliphatic hydroxyl groups is 1. The molecule has 1 aliphatic heterocycles. The maximum atomic E-state index is 10.4. The minimum Gasteiger partial charge on any atom is -0.386 e. The summed E-state index contributed by atoms with van der Waals surface area (Å²) in [6.07, 6.45) is 5.95. The summed E-state index contributed by atoms with van der Waals surface area (Å²) in [6.45, 7) is 1.21. The van der Waals surface area contributed by atoms with Gasteiger partial charge in [0.2, 0.25) is 0 Å². The van der Waals surface area contributed by atoms with Crippen LogP contribution in [0.15, 0.2) is 0 Å². The molecule has 1 heterocycles. The second-order valence-corrected chi connectivity index (χ2v) is 4.55. The van der Waals surface area contributed by atoms with Gasteiger partial charge >= 0.3 is 0 Å². The highest BCUT2D eigenvalue weighted by molar-refractivity contribution is 5.06. The molecule has 13 heavy (non-hydrogen) atoms. The highest BCUT2D eigenvalue weighted by Crippen LogP contribution is 2.40. The molecule has 0 spiro atoms. The molecule has 1 saturated heterocycles. The van der Waals surface area contributed by atoms with E-state index in [1.54, 1.807) is 0 Å². The Kier molecular flexibility index (Phi) is 2.34. The quantitative estimate of drug-likeness (QED) is 0.635. The number of nitrogens with two attached hydrogens (primary N) is 1. The summed E-state index contributed by atoms with van der Waals surface area (Å²) >= 11 is 0. The molecule has 3 heteroatoms. The molecule has 1 atom stereocenters. The van der Waals surface area contributed by atoms with Crippen LogP contribution in [0.5, 0.6) is 0 Å². The fourth-order valence-corrected chi connectivity index (χ4v) is 2.64. The Labute approximate surface area is 79.3 Å². The molecule has 0 radical (unpaired) electrons. The van der Waals surface area contributed by atoms with Crippen LogP contribution in [0.25, 0.3) is 0 Å². The van der Waals surface area contributed by atoms with Crippen LogP contribution in [-0.4, -0.2) is 29.5 Å². The van der Waals surface area contributed by atoms with Crippen molar-refractivity contribution in [3.05, 3.63) is 0 Å². The van der Waals surface area contributed by atoms with E-state index in [4.69, 9.17) is 10.5 Å². The van der Waals surface area contributed by atoms with E-state index in [9.17, 15) is 5.11 Å². The van der Waals surface area contributed by atoms with Gasteiger partial charge in [-0.15, -0.1) is 0 Å². The van der Waals surface area contributed by atoms with Gasteiger partial charge in [-0.05, 0) is 25.7 Å². The van der Waals surface area contributed by atoms with Crippen LogP contribution < -0.4 is 5.73 Å². The average molecular weight is 185 g/mol. The van der Waals surface area contributed by atoms with Crippen molar-refractivity contribution in [1.29, 1.82) is 0 Å². The fraction of sp³-hybridized carbons (Fsp3) is 1.00. The van der Waals surface area contributed by atoms with Gasteiger partial charge in [0.15, 0.2) is 0 Å². The minimum absolute atomic E-state index is 0.368. The van der Waals surface area contributed by atoms with E-state index in [0.29, 0.717) is 6.61 Å². The van der Waals surface area contributed by atoms with Crippen LogP contribution in [0.2, 0.25) is 0 Å². The van der Waals surface area contributed by atoms with Gasteiger partial charge in [-0.1, -0.05) is 12.8 Å². The van der Waals surface area contributed by atoms with Crippen LogP contribution in [-0.2, 0) is 4.74 Å². The zero-order valence-electron chi connectivity index (χ0n) is 8.09. The molecule has 3 nitrogen and oxygen atoms in total. The van der Waals surface area contributed by atoms with Gasteiger partial charge in [0, 0.05) is 12.1 Å². The predicted molar refractivity (Wildman–Crippen MR) is 50.4 cm³/mol. The molecule has 0 bridgehead atoms. The van der Waals surface area contributed by atoms with E-state index < -0.39 is 5.60 Å². The lowest BCUT2D eigenvalue weighted by Crippen LogP contribution is -2.62. The maximum absolute atomic E-state index is 10.4. The van der Waals surface area contributed by atoms with Crippen LogP contribution >= 0.6 is 0 Å². The van der Waals surface area contributed by atoms with Gasteiger partial charge in [-0.2, -0.15) is 0 Å². The Balaban J connectivity index is 2.11. The van der Waals surface area contributed by atoms with Crippen molar-refractivity contribution in [1.82, 2.24) is 0 Å². The highest BCUT2D eigenvalue weighted by atomic mass is 16.5. The second kappa shape index (κ2) is 3.23. The van der Waals surface area contributed by atoms with Gasteiger partial charge in [-0.25, -0.2) is 0 Å². The number of hydrogen-bond acceptors (Lipinski definition) is 3. The van der Waals surface area contributed by atoms with Crippen LogP contribution in [0.4, 0.5) is 0 Å². The number of rotatable bonds is 1. The zero-order valence-corrected chi connectivity index (χ0v) is 8.09. The molecule has 1 unspecified atom stereocenters. The second-order valence-electron chi connectivity index (χ2n) is 4.55. The Morgan fingerprint density at radius 3 is 2.31 bits per heavy atom. The highest BCUT2D eigenvalue weighted by Gasteiger charge is 2.49. The first-order valence-corrected chi connectivity index (χ1v) is 5.25. The molecule has 0 aromatic heterocycles. The van der Waals surface area contributed by atoms with Crippen molar-refractivity contribution in [2.75, 3.05) is 13.2 Å². The normalized spacial score (nSPS) is 39.2. The van der Waals surface area contributed by atoms with Crippen molar-refractivity contribution in [3.8, 4) is 0 Å². The Hall–Kier alpha value is -0.120. The summed E-state index contributed by atoms with van der Waals surface area (Å²) in [7, 11) is 0. The monoisotopic (exact) mass is 185 g/mol. The summed E-state index contributed by atoms with van der Waals surface area (Å²) in [5.41, 5.74) is 5.12. The summed E-state index contributed by atoms with van der Waals surface area (Å²) in [5.74, 6) is 0. The minimum atomic E-state index is -0.748. The van der Waals surface area contributed by atoms with Gasteiger partial charge in [0.25, 0.3) is 0 Å². The lowest BCUT2D eigenvalue weighted by molar-refractivity contribution is -0.128. The van der Waals surface area contributed by atoms with Crippen LogP contribution in [0, 0.1) is 0 Å². The van der Waals surface area contributed by atoms with Crippen LogP contribution in [0.3, 0.4) is 0 Å². The fourth-order valence-electron chi connectivity index (χ4n) is 2.64. The summed E-state index contributed by atoms with van der Waals surface area (Å²) in [6, 6.07) is 0. The lowest BCUT2D eigenvalue weighted by atomic mass is 9.75. The van der Waals surface area contributed by atoms with E-state index in [2.05, 4.69) is 0 Å². The molecular formula is C10H19NO2. The van der Waals surface area contributed by atoms with Gasteiger partial charge < -0.3 is 15.6 Å². The Morgan fingerprint density at radius 2 is 1.77 bits per heavy atom. The maximum Gasteiger partial charge on any atom is 0.106 e. The molecular weight excluding hydrogens is 166 g/mol. The SMILES string of the molecule is NC1(C2(O)CCCOC2)CCCC1. The first-order chi connectivity index (χ1) is 6.16. The van der Waals surface area contributed by atoms with Crippen molar-refractivity contribution in [3.63, 3.8) is 0 Å². The summed E-state index contributed by atoms with van der Waals surface area (Å²) in [5, 5.41) is 10.4. The van der Waals surface area contributed by atoms with Crippen molar-refractivity contribution in [2.45, 2.75) is 49.7 Å². The van der Waals surface area contributed by atoms with Crippen LogP contribution in [0.1, 0.15) is 38.5 Å². The first kappa shape index (κ1) is 9.44. The summed E-state index contributed by atoms with van der Waals surface area (Å²) < 4.78 is 5.33. The lowest BCUT2D eigenvalue weighted by Gasteiger charge is -2.44. The number of hydrogen-bond donors (Lipinski definition) is 2. The van der Waals surface area contributed by atoms with Crippen molar-refractivity contribution >= 4 is 0 Å². The molecule has 76 valence electrons. The third-order valence-electron chi connectivity index (χ3n) is 3.64. The van der Waals surface area contributed by atoms with E-state index in [1.807, 2.05) is 0 Å². The Morgan fingerprint density at radius 1 is 1.08 bits per heavy atom.